The topological polar surface area (TPSA) is 51.9 Å². The predicted molar refractivity (Wildman–Crippen MR) is 105 cm³/mol. The van der Waals surface area contributed by atoms with E-state index in [1.165, 1.54) is 22.2 Å². The monoisotopic (exact) mass is 343 g/mol. The number of pyridine rings is 1. The fraction of sp³-hybridized carbons (Fsp3) is 0.227. The van der Waals surface area contributed by atoms with Gasteiger partial charge in [-0.05, 0) is 37.1 Å². The summed E-state index contributed by atoms with van der Waals surface area (Å²) in [6.45, 7) is 4.52. The van der Waals surface area contributed by atoms with Gasteiger partial charge in [0.2, 0.25) is 0 Å². The van der Waals surface area contributed by atoms with Gasteiger partial charge in [-0.3, -0.25) is 9.69 Å². The molecule has 4 aromatic rings. The highest BCUT2D eigenvalue weighted by molar-refractivity contribution is 5.84. The minimum absolute atomic E-state index is 0.143. The molecule has 0 unspecified atom stereocenters. The number of nitrogens with one attached hydrogen (secondary N) is 2. The molecule has 2 aromatic carbocycles. The van der Waals surface area contributed by atoms with Crippen molar-refractivity contribution in [1.29, 1.82) is 0 Å². The number of benzene rings is 2. The van der Waals surface area contributed by atoms with Gasteiger partial charge in [0.25, 0.3) is 0 Å². The van der Waals surface area contributed by atoms with Crippen LogP contribution in [0.1, 0.15) is 22.4 Å². The minimum Gasteiger partial charge on any atom is -0.361 e. The standard InChI is InChI=1S/C22H21N3O/c1-14-6-7-19-18(10-14)22(26)15(11-23-19)12-25-9-8-17-16-4-2-3-5-20(16)24-21(17)13-25/h2-7,10-11,24H,8-9,12-13H2,1H3,(H,23,26). The van der Waals surface area contributed by atoms with Crippen molar-refractivity contribution in [2.75, 3.05) is 6.54 Å². The number of aromatic nitrogens is 2. The summed E-state index contributed by atoms with van der Waals surface area (Å²) < 4.78 is 0. The Bertz CT molecular complexity index is 1190. The number of H-pyrrole nitrogens is 2. The molecule has 1 aliphatic rings. The van der Waals surface area contributed by atoms with E-state index in [0.29, 0.717) is 6.54 Å². The summed E-state index contributed by atoms with van der Waals surface area (Å²) in [5.41, 5.74) is 6.91. The van der Waals surface area contributed by atoms with E-state index in [4.69, 9.17) is 0 Å². The van der Waals surface area contributed by atoms with E-state index in [2.05, 4.69) is 39.1 Å². The number of hydrogen-bond donors (Lipinski definition) is 2. The van der Waals surface area contributed by atoms with Crippen LogP contribution in [0.3, 0.4) is 0 Å². The molecule has 2 N–H and O–H groups in total. The highest BCUT2D eigenvalue weighted by atomic mass is 16.1. The van der Waals surface area contributed by atoms with E-state index >= 15 is 0 Å². The molecule has 1 aliphatic heterocycles. The molecular weight excluding hydrogens is 322 g/mol. The second-order valence-corrected chi connectivity index (χ2v) is 7.28. The van der Waals surface area contributed by atoms with Crippen molar-refractivity contribution in [1.82, 2.24) is 14.9 Å². The van der Waals surface area contributed by atoms with Crippen molar-refractivity contribution in [2.24, 2.45) is 0 Å². The van der Waals surface area contributed by atoms with Crippen molar-refractivity contribution >= 4 is 21.8 Å². The third-order valence-electron chi connectivity index (χ3n) is 5.47. The van der Waals surface area contributed by atoms with Crippen molar-refractivity contribution in [3.05, 3.63) is 81.3 Å². The summed E-state index contributed by atoms with van der Waals surface area (Å²) in [4.78, 5) is 22.1. The van der Waals surface area contributed by atoms with Gasteiger partial charge < -0.3 is 9.97 Å². The molecule has 0 amide bonds. The molecule has 0 radical (unpaired) electrons. The van der Waals surface area contributed by atoms with E-state index in [0.717, 1.165) is 41.5 Å². The lowest BCUT2D eigenvalue weighted by atomic mass is 10.0. The van der Waals surface area contributed by atoms with Crippen LogP contribution in [0.5, 0.6) is 0 Å². The second-order valence-electron chi connectivity index (χ2n) is 7.28. The third-order valence-corrected chi connectivity index (χ3v) is 5.47. The predicted octanol–water partition coefficient (Wildman–Crippen LogP) is 3.88. The number of aromatic amines is 2. The average Bonchev–Trinajstić information content (AvgIpc) is 3.02. The van der Waals surface area contributed by atoms with Crippen LogP contribution >= 0.6 is 0 Å². The van der Waals surface area contributed by atoms with Gasteiger partial charge in [0, 0.05) is 58.9 Å². The summed E-state index contributed by atoms with van der Waals surface area (Å²) in [5.74, 6) is 0. The van der Waals surface area contributed by atoms with Crippen molar-refractivity contribution < 1.29 is 0 Å². The first kappa shape index (κ1) is 15.4. The Morgan fingerprint density at radius 3 is 2.88 bits per heavy atom. The normalized spacial score (nSPS) is 14.8. The average molecular weight is 343 g/mol. The van der Waals surface area contributed by atoms with Gasteiger partial charge in [-0.1, -0.05) is 29.8 Å². The van der Waals surface area contributed by atoms with Gasteiger partial charge in [-0.2, -0.15) is 0 Å². The van der Waals surface area contributed by atoms with E-state index in [1.807, 2.05) is 31.3 Å². The zero-order chi connectivity index (χ0) is 17.7. The van der Waals surface area contributed by atoms with E-state index in [9.17, 15) is 4.79 Å². The Labute approximate surface area is 151 Å². The Morgan fingerprint density at radius 1 is 1.08 bits per heavy atom. The number of rotatable bonds is 2. The van der Waals surface area contributed by atoms with Gasteiger partial charge in [-0.15, -0.1) is 0 Å². The van der Waals surface area contributed by atoms with Gasteiger partial charge in [-0.25, -0.2) is 0 Å². The highest BCUT2D eigenvalue weighted by Crippen LogP contribution is 2.27. The Hall–Kier alpha value is -2.85. The van der Waals surface area contributed by atoms with Crippen LogP contribution in [0.2, 0.25) is 0 Å². The highest BCUT2D eigenvalue weighted by Gasteiger charge is 2.21. The lowest BCUT2D eigenvalue weighted by Crippen LogP contribution is -2.31. The van der Waals surface area contributed by atoms with Crippen molar-refractivity contribution in [2.45, 2.75) is 26.4 Å². The molecule has 0 spiro atoms. The number of fused-ring (bicyclic) bond motifs is 4. The first-order valence-corrected chi connectivity index (χ1v) is 9.11. The lowest BCUT2D eigenvalue weighted by molar-refractivity contribution is 0.242. The van der Waals surface area contributed by atoms with Gasteiger partial charge in [0.05, 0.1) is 0 Å². The minimum atomic E-state index is 0.143. The number of para-hydroxylation sites is 1. The molecule has 26 heavy (non-hydrogen) atoms. The van der Waals surface area contributed by atoms with Crippen molar-refractivity contribution in [3.8, 4) is 0 Å². The SMILES string of the molecule is Cc1ccc2[nH]cc(CN3CCc4c([nH]c5ccccc45)C3)c(=O)c2c1. The van der Waals surface area contributed by atoms with Crippen LogP contribution in [0.15, 0.2) is 53.5 Å². The maximum absolute atomic E-state index is 12.9. The molecule has 130 valence electrons. The van der Waals surface area contributed by atoms with Crippen LogP contribution in [-0.2, 0) is 19.5 Å². The van der Waals surface area contributed by atoms with Crippen LogP contribution in [0, 0.1) is 6.92 Å². The fourth-order valence-corrected chi connectivity index (χ4v) is 4.12. The third kappa shape index (κ3) is 2.45. The van der Waals surface area contributed by atoms with Gasteiger partial charge >= 0.3 is 0 Å². The Kier molecular flexibility index (Phi) is 3.47. The maximum Gasteiger partial charge on any atom is 0.193 e. The summed E-state index contributed by atoms with van der Waals surface area (Å²) >= 11 is 0. The maximum atomic E-state index is 12.9. The van der Waals surface area contributed by atoms with Gasteiger partial charge in [0.15, 0.2) is 5.43 Å². The van der Waals surface area contributed by atoms with E-state index in [1.54, 1.807) is 0 Å². The Morgan fingerprint density at radius 2 is 1.96 bits per heavy atom. The zero-order valence-corrected chi connectivity index (χ0v) is 14.8. The zero-order valence-electron chi connectivity index (χ0n) is 14.8. The number of aryl methyl sites for hydroxylation is 1. The molecule has 2 aromatic heterocycles. The largest absolute Gasteiger partial charge is 0.361 e. The Balaban J connectivity index is 1.46. The molecule has 4 nitrogen and oxygen atoms in total. The number of nitrogens with zero attached hydrogens (tertiary/aromatic N) is 1. The van der Waals surface area contributed by atoms with E-state index < -0.39 is 0 Å². The first-order chi connectivity index (χ1) is 12.7. The molecule has 0 bridgehead atoms. The quantitative estimate of drug-likeness (QED) is 0.580. The van der Waals surface area contributed by atoms with Crippen molar-refractivity contribution in [3.63, 3.8) is 0 Å². The fourth-order valence-electron chi connectivity index (χ4n) is 4.12. The summed E-state index contributed by atoms with van der Waals surface area (Å²) in [5, 5.41) is 2.12. The summed E-state index contributed by atoms with van der Waals surface area (Å²) in [7, 11) is 0. The van der Waals surface area contributed by atoms with Crippen LogP contribution in [-0.4, -0.2) is 21.4 Å². The van der Waals surface area contributed by atoms with Crippen LogP contribution in [0.25, 0.3) is 21.8 Å². The molecule has 0 fully saturated rings. The molecule has 0 saturated carbocycles. The molecular formula is C22H21N3O. The molecule has 0 saturated heterocycles. The van der Waals surface area contributed by atoms with Crippen LogP contribution in [0.4, 0.5) is 0 Å². The first-order valence-electron chi connectivity index (χ1n) is 9.11. The number of hydrogen-bond acceptors (Lipinski definition) is 2. The summed E-state index contributed by atoms with van der Waals surface area (Å²) in [6, 6.07) is 14.5. The molecule has 3 heterocycles. The summed E-state index contributed by atoms with van der Waals surface area (Å²) in [6.07, 6.45) is 2.89. The molecule has 0 atom stereocenters. The van der Waals surface area contributed by atoms with Gasteiger partial charge in [0.1, 0.15) is 0 Å². The molecule has 5 rings (SSSR count). The molecule has 0 aliphatic carbocycles. The molecule has 4 heteroatoms. The lowest BCUT2D eigenvalue weighted by Gasteiger charge is -2.26. The smallest absolute Gasteiger partial charge is 0.193 e. The second kappa shape index (κ2) is 5.85. The van der Waals surface area contributed by atoms with E-state index in [-0.39, 0.29) is 5.43 Å². The van der Waals surface area contributed by atoms with Crippen LogP contribution < -0.4 is 5.43 Å².